The van der Waals surface area contributed by atoms with E-state index in [1.165, 1.54) is 19.3 Å². The predicted molar refractivity (Wildman–Crippen MR) is 90.5 cm³/mol. The van der Waals surface area contributed by atoms with E-state index < -0.39 is 0 Å². The molecule has 1 aliphatic heterocycles. The summed E-state index contributed by atoms with van der Waals surface area (Å²) in [6.07, 6.45) is 5.55. The summed E-state index contributed by atoms with van der Waals surface area (Å²) in [6.45, 7) is 3.21. The van der Waals surface area contributed by atoms with Crippen molar-refractivity contribution in [3.8, 4) is 0 Å². The van der Waals surface area contributed by atoms with Crippen LogP contribution >= 0.6 is 0 Å². The molecule has 2 heterocycles. The predicted octanol–water partition coefficient (Wildman–Crippen LogP) is 2.45. The van der Waals surface area contributed by atoms with Crippen molar-refractivity contribution < 1.29 is 14.1 Å². The minimum atomic E-state index is -0.0454. The summed E-state index contributed by atoms with van der Waals surface area (Å²) >= 11 is 0. The summed E-state index contributed by atoms with van der Waals surface area (Å²) < 4.78 is 4.98. The molecule has 3 saturated carbocycles. The molecule has 2 bridgehead atoms. The highest BCUT2D eigenvalue weighted by Crippen LogP contribution is 2.69. The lowest BCUT2D eigenvalue weighted by molar-refractivity contribution is -0.136. The average molecular weight is 343 g/mol. The molecule has 3 aliphatic carbocycles. The van der Waals surface area contributed by atoms with Gasteiger partial charge in [0, 0.05) is 31.0 Å². The zero-order valence-corrected chi connectivity index (χ0v) is 14.6. The fraction of sp³-hybridized carbons (Fsp3) is 0.737. The fourth-order valence-electron chi connectivity index (χ4n) is 5.88. The van der Waals surface area contributed by atoms with Gasteiger partial charge in [0.15, 0.2) is 5.82 Å². The summed E-state index contributed by atoms with van der Waals surface area (Å²) in [5, 5.41) is 6.62. The van der Waals surface area contributed by atoms with Gasteiger partial charge in [-0.25, -0.2) is 0 Å². The van der Waals surface area contributed by atoms with Gasteiger partial charge in [0.1, 0.15) is 5.76 Å². The van der Waals surface area contributed by atoms with E-state index >= 15 is 0 Å². The molecule has 1 saturated heterocycles. The smallest absolute Gasteiger partial charge is 0.228 e. The normalized spacial score (nSPS) is 36.4. The summed E-state index contributed by atoms with van der Waals surface area (Å²) in [4.78, 5) is 27.2. The number of rotatable bonds is 3. The Morgan fingerprint density at radius 1 is 1.16 bits per heavy atom. The van der Waals surface area contributed by atoms with Gasteiger partial charge in [-0.3, -0.25) is 9.59 Å². The third-order valence-electron chi connectivity index (χ3n) is 7.08. The van der Waals surface area contributed by atoms with Gasteiger partial charge in [0.2, 0.25) is 11.8 Å². The highest BCUT2D eigenvalue weighted by molar-refractivity contribution is 5.92. The third kappa shape index (κ3) is 2.49. The molecule has 4 aliphatic rings. The lowest BCUT2D eigenvalue weighted by Crippen LogP contribution is -2.42. The van der Waals surface area contributed by atoms with Crippen molar-refractivity contribution in [2.24, 2.45) is 35.5 Å². The molecule has 134 valence electrons. The monoisotopic (exact) mass is 343 g/mol. The molecule has 1 aromatic heterocycles. The first-order valence-electron chi connectivity index (χ1n) is 9.65. The number of hydrogen-bond acceptors (Lipinski definition) is 4. The highest BCUT2D eigenvalue weighted by atomic mass is 16.5. The number of nitrogens with zero attached hydrogens (tertiary/aromatic N) is 2. The van der Waals surface area contributed by atoms with Gasteiger partial charge in [-0.15, -0.1) is 0 Å². The van der Waals surface area contributed by atoms with Gasteiger partial charge < -0.3 is 14.7 Å². The maximum Gasteiger partial charge on any atom is 0.228 e. The van der Waals surface area contributed by atoms with E-state index in [-0.39, 0.29) is 11.8 Å². The van der Waals surface area contributed by atoms with Crippen LogP contribution in [0, 0.1) is 42.4 Å². The largest absolute Gasteiger partial charge is 0.360 e. The van der Waals surface area contributed by atoms with Crippen molar-refractivity contribution in [3.05, 3.63) is 11.8 Å². The zero-order chi connectivity index (χ0) is 17.1. The lowest BCUT2D eigenvalue weighted by Gasteiger charge is -2.32. The Labute approximate surface area is 147 Å². The molecule has 1 aromatic rings. The fourth-order valence-corrected chi connectivity index (χ4v) is 5.88. The number of anilines is 1. The van der Waals surface area contributed by atoms with Crippen LogP contribution in [0.1, 0.15) is 37.9 Å². The van der Waals surface area contributed by atoms with Gasteiger partial charge in [-0.2, -0.15) is 0 Å². The molecule has 0 spiro atoms. The molecule has 2 amide bonds. The quantitative estimate of drug-likeness (QED) is 0.915. The topological polar surface area (TPSA) is 75.4 Å². The third-order valence-corrected chi connectivity index (χ3v) is 7.08. The zero-order valence-electron chi connectivity index (χ0n) is 14.6. The van der Waals surface area contributed by atoms with Gasteiger partial charge in [-0.1, -0.05) is 5.16 Å². The molecule has 4 fully saturated rings. The van der Waals surface area contributed by atoms with E-state index in [4.69, 9.17) is 4.52 Å². The number of nitrogens with one attached hydrogen (secondary N) is 1. The van der Waals surface area contributed by atoms with E-state index in [0.717, 1.165) is 24.7 Å². The highest BCUT2D eigenvalue weighted by Gasteiger charge is 2.68. The van der Waals surface area contributed by atoms with Crippen molar-refractivity contribution in [1.29, 1.82) is 0 Å². The van der Waals surface area contributed by atoms with Gasteiger partial charge in [0.05, 0.1) is 0 Å². The van der Waals surface area contributed by atoms with E-state index in [9.17, 15) is 9.59 Å². The Kier molecular flexibility index (Phi) is 3.44. The van der Waals surface area contributed by atoms with E-state index in [1.807, 2.05) is 4.90 Å². The summed E-state index contributed by atoms with van der Waals surface area (Å²) in [5.74, 6) is 4.84. The first kappa shape index (κ1) is 15.4. The van der Waals surface area contributed by atoms with E-state index in [0.29, 0.717) is 48.3 Å². The maximum atomic E-state index is 12.9. The molecule has 1 N–H and O–H groups in total. The van der Waals surface area contributed by atoms with Crippen molar-refractivity contribution >= 4 is 17.6 Å². The number of aromatic nitrogens is 1. The van der Waals surface area contributed by atoms with E-state index in [1.54, 1.807) is 13.0 Å². The van der Waals surface area contributed by atoms with Crippen LogP contribution in [0.5, 0.6) is 0 Å². The summed E-state index contributed by atoms with van der Waals surface area (Å²) in [5.41, 5.74) is 0. The molecule has 5 atom stereocenters. The molecule has 25 heavy (non-hydrogen) atoms. The number of amides is 2. The molecule has 5 rings (SSSR count). The molecule has 6 nitrogen and oxygen atoms in total. The Hall–Kier alpha value is -1.85. The minimum absolute atomic E-state index is 0.0123. The van der Waals surface area contributed by atoms with Crippen LogP contribution in [-0.4, -0.2) is 35.0 Å². The second-order valence-electron chi connectivity index (χ2n) is 8.43. The second kappa shape index (κ2) is 5.58. The standard InChI is InChI=1S/C19H25N3O3/c1-10-8-14(21-25-10)20-18(23)11-4-6-22(7-5-11)19(24)17-15-12-2-3-13(9-12)16(15)17/h8,11-13,15-17H,2-7,9H2,1H3,(H,20,21,23)/t12-,13-,15-,16+,17?/m0/s1. The van der Waals surface area contributed by atoms with Crippen molar-refractivity contribution in [2.75, 3.05) is 18.4 Å². The first-order valence-corrected chi connectivity index (χ1v) is 9.65. The van der Waals surface area contributed by atoms with Crippen LogP contribution in [0.2, 0.25) is 0 Å². The van der Waals surface area contributed by atoms with Crippen LogP contribution in [0.15, 0.2) is 10.6 Å². The number of carbonyl (C=O) groups excluding carboxylic acids is 2. The van der Waals surface area contributed by atoms with Gasteiger partial charge in [0.25, 0.3) is 0 Å². The Morgan fingerprint density at radius 2 is 1.84 bits per heavy atom. The Bertz CT molecular complexity index is 691. The minimum Gasteiger partial charge on any atom is -0.360 e. The lowest BCUT2D eigenvalue weighted by atomic mass is 9.94. The molecular formula is C19H25N3O3. The maximum absolute atomic E-state index is 12.9. The number of aryl methyl sites for hydroxylation is 1. The van der Waals surface area contributed by atoms with Crippen molar-refractivity contribution in [3.63, 3.8) is 0 Å². The molecule has 0 aromatic carbocycles. The van der Waals surface area contributed by atoms with Crippen LogP contribution in [-0.2, 0) is 9.59 Å². The Morgan fingerprint density at radius 3 is 2.44 bits per heavy atom. The number of fused-ring (bicyclic) bond motifs is 5. The molecule has 0 radical (unpaired) electrons. The summed E-state index contributed by atoms with van der Waals surface area (Å²) in [7, 11) is 0. The van der Waals surface area contributed by atoms with Crippen molar-refractivity contribution in [1.82, 2.24) is 10.1 Å². The Balaban J connectivity index is 1.14. The van der Waals surface area contributed by atoms with E-state index in [2.05, 4.69) is 10.5 Å². The van der Waals surface area contributed by atoms with Gasteiger partial charge >= 0.3 is 0 Å². The molecular weight excluding hydrogens is 318 g/mol. The van der Waals surface area contributed by atoms with Crippen LogP contribution in [0.4, 0.5) is 5.82 Å². The number of carbonyl (C=O) groups is 2. The number of likely N-dealkylation sites (tertiary alicyclic amines) is 1. The molecule has 1 unspecified atom stereocenters. The van der Waals surface area contributed by atoms with Gasteiger partial charge in [-0.05, 0) is 62.7 Å². The molecule has 6 heteroatoms. The average Bonchev–Trinajstić information content (AvgIpc) is 2.90. The number of piperidine rings is 1. The van der Waals surface area contributed by atoms with Crippen LogP contribution in [0.3, 0.4) is 0 Å². The van der Waals surface area contributed by atoms with Crippen LogP contribution in [0.25, 0.3) is 0 Å². The second-order valence-corrected chi connectivity index (χ2v) is 8.43. The SMILES string of the molecule is Cc1cc(NC(=O)C2CCN(C(=O)C3[C@@H]4[C@H]5CC[C@@H](C5)[C@H]34)CC2)no1. The first-order chi connectivity index (χ1) is 12.1. The van der Waals surface area contributed by atoms with Crippen LogP contribution < -0.4 is 5.32 Å². The summed E-state index contributed by atoms with van der Waals surface area (Å²) in [6, 6.07) is 1.72. The number of hydrogen-bond donors (Lipinski definition) is 1. The van der Waals surface area contributed by atoms with Crippen molar-refractivity contribution in [2.45, 2.75) is 39.0 Å².